The van der Waals surface area contributed by atoms with Crippen LogP contribution in [0.5, 0.6) is 0 Å². The molecule has 1 heterocycles. The molecule has 0 atom stereocenters. The van der Waals surface area contributed by atoms with Gasteiger partial charge in [-0.1, -0.05) is 83.1 Å². The molecule has 0 N–H and O–H groups in total. The molecule has 4 rings (SSSR count). The molecule has 7 heteroatoms. The number of benzene rings is 1. The van der Waals surface area contributed by atoms with Gasteiger partial charge in [-0.2, -0.15) is 0 Å². The number of nitrogens with zero attached hydrogens (tertiary/aromatic N) is 3. The molecule has 3 nitrogen and oxygen atoms in total. The van der Waals surface area contributed by atoms with E-state index in [1.54, 1.807) is 0 Å². The van der Waals surface area contributed by atoms with E-state index in [0.29, 0.717) is 6.04 Å². The first-order valence-electron chi connectivity index (χ1n) is 13.1. The first-order chi connectivity index (χ1) is 17.0. The molecule has 1 aromatic carbocycles. The maximum absolute atomic E-state index is 4.99. The number of pyridine rings is 1. The Kier molecular flexibility index (Phi) is 18.0. The van der Waals surface area contributed by atoms with Crippen LogP contribution < -0.4 is 0 Å². The molecule has 0 saturated heterocycles. The third-order valence-electron chi connectivity index (χ3n) is 6.69. The van der Waals surface area contributed by atoms with Crippen LogP contribution in [0.25, 0.3) is 0 Å². The van der Waals surface area contributed by atoms with Gasteiger partial charge in [-0.15, -0.1) is 0 Å². The summed E-state index contributed by atoms with van der Waals surface area (Å²) in [7, 11) is 9.53. The van der Waals surface area contributed by atoms with Crippen molar-refractivity contribution in [3.8, 4) is 0 Å². The van der Waals surface area contributed by atoms with Crippen LogP contribution >= 0.6 is 20.2 Å². The maximum atomic E-state index is 4.99. The van der Waals surface area contributed by atoms with Gasteiger partial charge in [0.2, 0.25) is 0 Å². The Morgan fingerprint density at radius 1 is 0.806 bits per heavy atom. The van der Waals surface area contributed by atoms with Gasteiger partial charge in [0.05, 0.1) is 34.5 Å². The van der Waals surface area contributed by atoms with Crippen LogP contribution in [0, 0.1) is 0 Å². The first kappa shape index (κ1) is 33.4. The summed E-state index contributed by atoms with van der Waals surface area (Å²) in [4.78, 5) is 14.7. The van der Waals surface area contributed by atoms with E-state index >= 15 is 0 Å². The van der Waals surface area contributed by atoms with Crippen LogP contribution in [0.2, 0.25) is 0 Å². The first-order valence-corrected chi connectivity index (χ1v) is 16.1. The fourth-order valence-electron chi connectivity index (χ4n) is 4.68. The fraction of sp³-hybridized carbons (Fsp3) is 0.552. The molecule has 0 aliphatic heterocycles. The predicted molar refractivity (Wildman–Crippen MR) is 151 cm³/mol. The van der Waals surface area contributed by atoms with Gasteiger partial charge in [0.15, 0.2) is 0 Å². The van der Waals surface area contributed by atoms with E-state index in [4.69, 9.17) is 35.2 Å². The summed E-state index contributed by atoms with van der Waals surface area (Å²) in [5, 5.41) is 0. The Hall–Kier alpha value is -0.671. The second-order valence-electron chi connectivity index (χ2n) is 9.21. The molecule has 36 heavy (non-hydrogen) atoms. The summed E-state index contributed by atoms with van der Waals surface area (Å²) in [6, 6.07) is 13.1. The minimum atomic E-state index is 0. The Balaban J connectivity index is 0.000000620. The van der Waals surface area contributed by atoms with Crippen LogP contribution in [0.4, 0.5) is 5.69 Å². The smallest absolute Gasteiger partial charge is 0 e. The molecule has 2 saturated carbocycles. The molecule has 2 fully saturated rings. The van der Waals surface area contributed by atoms with E-state index in [2.05, 4.69) is 58.0 Å². The molecular weight excluding hydrogens is 573 g/mol. The van der Waals surface area contributed by atoms with Crippen LogP contribution in [0.1, 0.15) is 108 Å². The summed E-state index contributed by atoms with van der Waals surface area (Å²) < 4.78 is 0. The molecule has 0 amide bonds. The number of aryl methyl sites for hydroxylation is 2. The van der Waals surface area contributed by atoms with E-state index in [-0.39, 0.29) is 30.2 Å². The Labute approximate surface area is 244 Å². The number of hydrogen-bond donors (Lipinski definition) is 0. The van der Waals surface area contributed by atoms with Crippen molar-refractivity contribution in [1.29, 1.82) is 0 Å². The molecule has 2 aromatic rings. The molecular formula is C29H41Cl2Fe2N3. The quantitative estimate of drug-likeness (QED) is 0.236. The summed E-state index contributed by atoms with van der Waals surface area (Å²) >= 11 is 0.194. The van der Waals surface area contributed by atoms with Crippen LogP contribution in [-0.2, 0) is 43.0 Å². The summed E-state index contributed by atoms with van der Waals surface area (Å²) in [6.07, 6.45) is 14.5. The second kappa shape index (κ2) is 19.4. The largest absolute Gasteiger partial charge is 0 e. The molecule has 2 aliphatic carbocycles. The van der Waals surface area contributed by atoms with Gasteiger partial charge in [-0.25, -0.2) is 4.98 Å². The summed E-state index contributed by atoms with van der Waals surface area (Å²) in [5.74, 6) is 0. The van der Waals surface area contributed by atoms with Gasteiger partial charge in [0.1, 0.15) is 0 Å². The van der Waals surface area contributed by atoms with Crippen molar-refractivity contribution in [2.45, 2.75) is 104 Å². The number of aromatic nitrogens is 1. The third kappa shape index (κ3) is 11.4. The van der Waals surface area contributed by atoms with Crippen LogP contribution in [0.15, 0.2) is 46.4 Å². The van der Waals surface area contributed by atoms with Crippen molar-refractivity contribution in [2.75, 3.05) is 0 Å². The average molecular weight is 614 g/mol. The molecule has 0 radical (unpaired) electrons. The molecule has 1 aromatic heterocycles. The van der Waals surface area contributed by atoms with Crippen molar-refractivity contribution >= 4 is 37.3 Å². The number of hydrogen-bond acceptors (Lipinski definition) is 3. The van der Waals surface area contributed by atoms with Crippen molar-refractivity contribution in [2.24, 2.45) is 9.98 Å². The van der Waals surface area contributed by atoms with Gasteiger partial charge in [0.25, 0.3) is 0 Å². The zero-order chi connectivity index (χ0) is 25.5. The summed E-state index contributed by atoms with van der Waals surface area (Å²) in [6.45, 7) is 8.51. The maximum Gasteiger partial charge on any atom is 0 e. The third-order valence-corrected chi connectivity index (χ3v) is 6.69. The van der Waals surface area contributed by atoms with Gasteiger partial charge in [-0.05, 0) is 62.8 Å². The van der Waals surface area contributed by atoms with Crippen molar-refractivity contribution in [1.82, 2.24) is 4.98 Å². The number of para-hydroxylation sites is 1. The molecule has 0 unspecified atom stereocenters. The Morgan fingerprint density at radius 3 is 1.72 bits per heavy atom. The predicted octanol–water partition coefficient (Wildman–Crippen LogP) is 9.42. The monoisotopic (exact) mass is 613 g/mol. The van der Waals surface area contributed by atoms with Crippen LogP contribution in [0.3, 0.4) is 0 Å². The van der Waals surface area contributed by atoms with E-state index < -0.39 is 0 Å². The van der Waals surface area contributed by atoms with E-state index in [0.717, 1.165) is 41.3 Å². The van der Waals surface area contributed by atoms with Gasteiger partial charge < -0.3 is 0 Å². The van der Waals surface area contributed by atoms with Gasteiger partial charge in [-0.3, -0.25) is 9.98 Å². The molecule has 0 spiro atoms. The van der Waals surface area contributed by atoms with Gasteiger partial charge in [0, 0.05) is 17.1 Å². The van der Waals surface area contributed by atoms with E-state index in [1.807, 2.05) is 6.07 Å². The zero-order valence-electron chi connectivity index (χ0n) is 22.1. The van der Waals surface area contributed by atoms with E-state index in [1.165, 1.54) is 68.9 Å². The Bertz CT molecular complexity index is 923. The van der Waals surface area contributed by atoms with Crippen molar-refractivity contribution in [3.63, 3.8) is 0 Å². The normalized spacial score (nSPS) is 16.1. The molecule has 0 bridgehead atoms. The summed E-state index contributed by atoms with van der Waals surface area (Å²) in [5.41, 5.74) is 7.60. The molecule has 202 valence electrons. The van der Waals surface area contributed by atoms with Crippen LogP contribution in [-0.4, -0.2) is 22.4 Å². The van der Waals surface area contributed by atoms with Crippen molar-refractivity contribution in [3.05, 3.63) is 58.9 Å². The minimum absolute atomic E-state index is 0. The Morgan fingerprint density at radius 2 is 1.25 bits per heavy atom. The number of aliphatic imine (C=N–C) groups is 2. The molecule has 2 aliphatic rings. The second-order valence-corrected chi connectivity index (χ2v) is 11.0. The van der Waals surface area contributed by atoms with Gasteiger partial charge >= 0.3 is 33.3 Å². The van der Waals surface area contributed by atoms with Crippen molar-refractivity contribution < 1.29 is 30.2 Å². The topological polar surface area (TPSA) is 37.6 Å². The van der Waals surface area contributed by atoms with E-state index in [9.17, 15) is 0 Å². The standard InChI is InChI=1S/C24H31N3.C5H10.2ClH.2Fe/c1-5-19-11-9-12-20(6-2)24(19)26-18(4)23-16-10-15-22(27-23)17(3)25-21-13-7-8-14-21;1-2-4-5-3-1;;;;/h9-12,15-16,21H,5-8,13-14H2,1-4H3;1-5H2;2*1H;;/q;;;;;+2/p-2. The minimum Gasteiger partial charge on any atom is 0 e. The fourth-order valence-corrected chi connectivity index (χ4v) is 4.68. The average Bonchev–Trinajstić information content (AvgIpc) is 3.62. The SMILES string of the molecule is C1CCCC1.CCc1cccc(CC)c1N=C(C)c1cccc(C(C)=NC2CCCC2)n1.[Cl][Fe][Cl].[Fe]. The number of rotatable bonds is 6. The number of halogens is 2. The zero-order valence-corrected chi connectivity index (χ0v) is 25.8.